The third-order valence-corrected chi connectivity index (χ3v) is 4.11. The van der Waals surface area contributed by atoms with E-state index < -0.39 is 5.60 Å². The fourth-order valence-electron chi connectivity index (χ4n) is 2.13. The Hall–Kier alpha value is -1.24. The number of β-amino-alcohol motifs (C(OH)–C–C–N with tert-alkyl or cyclic N) is 1. The van der Waals surface area contributed by atoms with Crippen LogP contribution >= 0.6 is 11.3 Å². The fourth-order valence-corrected chi connectivity index (χ4v) is 2.77. The van der Waals surface area contributed by atoms with Crippen molar-refractivity contribution in [2.24, 2.45) is 0 Å². The summed E-state index contributed by atoms with van der Waals surface area (Å²) in [5, 5.41) is 20.0. The van der Waals surface area contributed by atoms with Crippen LogP contribution in [0.5, 0.6) is 0 Å². The topological polar surface area (TPSA) is 62.4 Å². The molecule has 0 aliphatic carbocycles. The maximum absolute atomic E-state index is 9.92. The summed E-state index contributed by atoms with van der Waals surface area (Å²) in [6, 6.07) is 3.92. The van der Waals surface area contributed by atoms with Gasteiger partial charge in [-0.25, -0.2) is 0 Å². The van der Waals surface area contributed by atoms with Crippen molar-refractivity contribution in [3.63, 3.8) is 0 Å². The summed E-state index contributed by atoms with van der Waals surface area (Å²) < 4.78 is 5.60. The third-order valence-electron chi connectivity index (χ3n) is 3.25. The highest BCUT2D eigenvalue weighted by Gasteiger charge is 2.39. The highest BCUT2D eigenvalue weighted by atomic mass is 32.1. The van der Waals surface area contributed by atoms with Gasteiger partial charge in [-0.2, -0.15) is 0 Å². The number of rotatable bonds is 4. The first-order valence-electron chi connectivity index (χ1n) is 5.99. The minimum absolute atomic E-state index is 0.517. The Morgan fingerprint density at radius 1 is 1.50 bits per heavy atom. The molecule has 1 fully saturated rings. The lowest BCUT2D eigenvalue weighted by atomic mass is 9.91. The first-order valence-corrected chi connectivity index (χ1v) is 6.87. The van der Waals surface area contributed by atoms with Crippen molar-refractivity contribution >= 4 is 11.3 Å². The van der Waals surface area contributed by atoms with Gasteiger partial charge in [-0.05, 0) is 17.9 Å². The van der Waals surface area contributed by atoms with E-state index in [4.69, 9.17) is 4.42 Å². The second-order valence-corrected chi connectivity index (χ2v) is 5.65. The summed E-state index contributed by atoms with van der Waals surface area (Å²) in [6.45, 7) is 3.97. The predicted molar refractivity (Wildman–Crippen MR) is 68.1 cm³/mol. The van der Waals surface area contributed by atoms with E-state index in [1.54, 1.807) is 11.3 Å². The standard InChI is InChI=1S/C12H15N3O2S/c1-2-12(16)7-15(8-12)6-10-13-14-11(17-10)9-4-3-5-18-9/h3-5,16H,2,6-8H2,1H3. The van der Waals surface area contributed by atoms with E-state index in [9.17, 15) is 5.11 Å². The Balaban J connectivity index is 1.62. The molecule has 0 atom stereocenters. The van der Waals surface area contributed by atoms with Crippen LogP contribution in [0.15, 0.2) is 21.9 Å². The van der Waals surface area contributed by atoms with Crippen molar-refractivity contribution in [3.8, 4) is 10.8 Å². The molecule has 0 saturated carbocycles. The van der Waals surface area contributed by atoms with E-state index in [1.807, 2.05) is 24.4 Å². The van der Waals surface area contributed by atoms with Gasteiger partial charge in [0.1, 0.15) is 0 Å². The van der Waals surface area contributed by atoms with Crippen molar-refractivity contribution < 1.29 is 9.52 Å². The third kappa shape index (κ3) is 2.19. The molecule has 0 radical (unpaired) electrons. The minimum Gasteiger partial charge on any atom is -0.419 e. The largest absolute Gasteiger partial charge is 0.419 e. The number of thiophene rings is 1. The Morgan fingerprint density at radius 2 is 2.33 bits per heavy atom. The molecule has 0 spiro atoms. The van der Waals surface area contributed by atoms with Gasteiger partial charge in [0.15, 0.2) is 0 Å². The van der Waals surface area contributed by atoms with Crippen molar-refractivity contribution in [3.05, 3.63) is 23.4 Å². The van der Waals surface area contributed by atoms with Crippen molar-refractivity contribution in [2.75, 3.05) is 13.1 Å². The van der Waals surface area contributed by atoms with Crippen LogP contribution in [0.1, 0.15) is 19.2 Å². The van der Waals surface area contributed by atoms with Gasteiger partial charge in [-0.3, -0.25) is 4.90 Å². The molecule has 0 aromatic carbocycles. The van der Waals surface area contributed by atoms with Gasteiger partial charge in [0, 0.05) is 13.1 Å². The van der Waals surface area contributed by atoms with Crippen LogP contribution in [0.2, 0.25) is 0 Å². The van der Waals surface area contributed by atoms with Gasteiger partial charge in [-0.1, -0.05) is 13.0 Å². The summed E-state index contributed by atoms with van der Waals surface area (Å²) in [5.41, 5.74) is -0.517. The molecule has 1 aliphatic heterocycles. The zero-order valence-corrected chi connectivity index (χ0v) is 11.0. The maximum Gasteiger partial charge on any atom is 0.257 e. The van der Waals surface area contributed by atoms with Gasteiger partial charge >= 0.3 is 0 Å². The van der Waals surface area contributed by atoms with E-state index >= 15 is 0 Å². The predicted octanol–water partition coefficient (Wildman–Crippen LogP) is 1.75. The first kappa shape index (κ1) is 11.8. The van der Waals surface area contributed by atoms with Crippen LogP contribution in [-0.2, 0) is 6.54 Å². The number of likely N-dealkylation sites (tertiary alicyclic amines) is 1. The number of aliphatic hydroxyl groups is 1. The molecule has 96 valence electrons. The molecule has 0 amide bonds. The summed E-state index contributed by atoms with van der Waals surface area (Å²) in [5.74, 6) is 1.18. The van der Waals surface area contributed by atoms with Crippen LogP contribution < -0.4 is 0 Å². The zero-order chi connectivity index (χ0) is 12.6. The fraction of sp³-hybridized carbons (Fsp3) is 0.500. The van der Waals surface area contributed by atoms with Gasteiger partial charge < -0.3 is 9.52 Å². The van der Waals surface area contributed by atoms with E-state index in [0.29, 0.717) is 31.4 Å². The van der Waals surface area contributed by atoms with Crippen LogP contribution in [0, 0.1) is 0 Å². The van der Waals surface area contributed by atoms with Gasteiger partial charge in [0.2, 0.25) is 5.89 Å². The molecule has 18 heavy (non-hydrogen) atoms. The lowest BCUT2D eigenvalue weighted by molar-refractivity contribution is -0.105. The Kier molecular flexibility index (Phi) is 2.93. The van der Waals surface area contributed by atoms with Crippen molar-refractivity contribution in [2.45, 2.75) is 25.5 Å². The van der Waals surface area contributed by atoms with E-state index in [2.05, 4.69) is 15.1 Å². The van der Waals surface area contributed by atoms with Crippen molar-refractivity contribution in [1.82, 2.24) is 15.1 Å². The van der Waals surface area contributed by atoms with E-state index in [0.717, 1.165) is 11.3 Å². The maximum atomic E-state index is 9.92. The molecule has 0 unspecified atom stereocenters. The quantitative estimate of drug-likeness (QED) is 0.912. The SMILES string of the molecule is CCC1(O)CN(Cc2nnc(-c3cccs3)o2)C1. The minimum atomic E-state index is -0.517. The molecule has 1 aliphatic rings. The molecule has 5 nitrogen and oxygen atoms in total. The summed E-state index contributed by atoms with van der Waals surface area (Å²) in [7, 11) is 0. The lowest BCUT2D eigenvalue weighted by Gasteiger charge is -2.45. The van der Waals surface area contributed by atoms with Gasteiger partial charge in [0.25, 0.3) is 5.89 Å². The Labute approximate surface area is 109 Å². The molecular weight excluding hydrogens is 250 g/mol. The highest BCUT2D eigenvalue weighted by Crippen LogP contribution is 2.27. The second kappa shape index (κ2) is 4.46. The molecule has 1 N–H and O–H groups in total. The van der Waals surface area contributed by atoms with Crippen molar-refractivity contribution in [1.29, 1.82) is 0 Å². The number of aromatic nitrogens is 2. The van der Waals surface area contributed by atoms with Crippen LogP contribution in [0.3, 0.4) is 0 Å². The second-order valence-electron chi connectivity index (χ2n) is 4.70. The average molecular weight is 265 g/mol. The molecule has 1 saturated heterocycles. The molecule has 2 aromatic heterocycles. The number of nitrogens with zero attached hydrogens (tertiary/aromatic N) is 3. The summed E-state index contributed by atoms with van der Waals surface area (Å²) >= 11 is 1.58. The summed E-state index contributed by atoms with van der Waals surface area (Å²) in [6.07, 6.45) is 0.785. The molecule has 3 rings (SSSR count). The Morgan fingerprint density at radius 3 is 3.00 bits per heavy atom. The van der Waals surface area contributed by atoms with E-state index in [1.165, 1.54) is 0 Å². The number of hydrogen-bond acceptors (Lipinski definition) is 6. The van der Waals surface area contributed by atoms with Gasteiger partial charge in [-0.15, -0.1) is 21.5 Å². The average Bonchev–Trinajstić information content (AvgIpc) is 2.96. The molecule has 0 bridgehead atoms. The molecular formula is C12H15N3O2S. The summed E-state index contributed by atoms with van der Waals surface area (Å²) in [4.78, 5) is 3.09. The van der Waals surface area contributed by atoms with Crippen LogP contribution in [-0.4, -0.2) is 38.9 Å². The smallest absolute Gasteiger partial charge is 0.257 e. The lowest BCUT2D eigenvalue weighted by Crippen LogP contribution is -2.60. The normalized spacial score (nSPS) is 18.8. The highest BCUT2D eigenvalue weighted by molar-refractivity contribution is 7.13. The molecule has 2 aromatic rings. The number of hydrogen-bond donors (Lipinski definition) is 1. The van der Waals surface area contributed by atoms with E-state index in [-0.39, 0.29) is 0 Å². The molecule has 6 heteroatoms. The zero-order valence-electron chi connectivity index (χ0n) is 10.2. The Bertz CT molecular complexity index is 517. The van der Waals surface area contributed by atoms with Crippen LogP contribution in [0.4, 0.5) is 0 Å². The molecule has 3 heterocycles. The monoisotopic (exact) mass is 265 g/mol. The first-order chi connectivity index (χ1) is 8.68. The van der Waals surface area contributed by atoms with Gasteiger partial charge in [0.05, 0.1) is 17.0 Å². The van der Waals surface area contributed by atoms with Crippen LogP contribution in [0.25, 0.3) is 10.8 Å².